The van der Waals surface area contributed by atoms with Gasteiger partial charge < -0.3 is 25.2 Å². The van der Waals surface area contributed by atoms with Gasteiger partial charge in [-0.25, -0.2) is 9.36 Å². The molecule has 324 valence electrons. The second kappa shape index (κ2) is 39.1. The number of ether oxygens (including phenoxy) is 1. The number of aliphatic hydroxyl groups excluding tert-OH is 1. The van der Waals surface area contributed by atoms with Crippen LogP contribution < -0.4 is 5.32 Å². The van der Waals surface area contributed by atoms with E-state index in [-0.39, 0.29) is 12.8 Å². The lowest BCUT2D eigenvalue weighted by Crippen LogP contribution is -2.43. The maximum atomic E-state index is 12.2. The molecule has 0 radical (unpaired) electrons. The quantitative estimate of drug-likeness (QED) is 0.0202. The molecule has 0 spiro atoms. The molecule has 0 aliphatic heterocycles. The van der Waals surface area contributed by atoms with Crippen molar-refractivity contribution in [3.8, 4) is 0 Å². The second-order valence-corrected chi connectivity index (χ2v) is 16.7. The zero-order valence-electron chi connectivity index (χ0n) is 35.0. The van der Waals surface area contributed by atoms with Gasteiger partial charge in [-0.2, -0.15) is 0 Å². The van der Waals surface area contributed by atoms with Crippen LogP contribution in [-0.2, 0) is 32.7 Å². The summed E-state index contributed by atoms with van der Waals surface area (Å²) >= 11 is 0. The monoisotopic (exact) mass is 804 g/mol. The summed E-state index contributed by atoms with van der Waals surface area (Å²) in [6, 6.07) is -1.54. The number of phosphoric acid groups is 1. The first-order valence-electron chi connectivity index (χ1n) is 22.2. The Kier molecular flexibility index (Phi) is 37.8. The lowest BCUT2D eigenvalue weighted by atomic mass is 10.0. The second-order valence-electron chi connectivity index (χ2n) is 15.2. The summed E-state index contributed by atoms with van der Waals surface area (Å²) in [5, 5.41) is 21.7. The Balaban J connectivity index is 3.75. The molecule has 3 atom stereocenters. The molecule has 1 amide bonds. The number of carbonyl (C=O) groups is 3. The molecule has 55 heavy (non-hydrogen) atoms. The van der Waals surface area contributed by atoms with Crippen molar-refractivity contribution in [1.29, 1.82) is 0 Å². The number of carboxylic acids is 1. The molecule has 0 aromatic heterocycles. The molecule has 0 aliphatic rings. The summed E-state index contributed by atoms with van der Waals surface area (Å²) in [5.74, 6) is -2.37. The van der Waals surface area contributed by atoms with Crippen molar-refractivity contribution in [3.63, 3.8) is 0 Å². The molecule has 3 unspecified atom stereocenters. The smallest absolute Gasteiger partial charge is 0.472 e. The van der Waals surface area contributed by atoms with Crippen LogP contribution in [0.4, 0.5) is 0 Å². The first-order valence-corrected chi connectivity index (χ1v) is 23.7. The molecule has 0 saturated carbocycles. The minimum atomic E-state index is -4.74. The van der Waals surface area contributed by atoms with Crippen molar-refractivity contribution in [2.45, 2.75) is 225 Å². The number of esters is 1. The van der Waals surface area contributed by atoms with Crippen LogP contribution in [-0.4, -0.2) is 64.9 Å². The van der Waals surface area contributed by atoms with E-state index < -0.39 is 57.6 Å². The number of allylic oxidation sites excluding steroid dienone is 2. The molecular weight excluding hydrogens is 721 g/mol. The lowest BCUT2D eigenvalue weighted by Gasteiger charge is -2.18. The molecule has 12 heteroatoms. The average molecular weight is 804 g/mol. The Labute approximate surface area is 335 Å². The van der Waals surface area contributed by atoms with Crippen LogP contribution in [0.5, 0.6) is 0 Å². The van der Waals surface area contributed by atoms with Crippen LogP contribution in [0, 0.1) is 0 Å². The normalized spacial score (nSPS) is 13.8. The van der Waals surface area contributed by atoms with Crippen LogP contribution in [0.2, 0.25) is 0 Å². The molecule has 0 fully saturated rings. The predicted octanol–water partition coefficient (Wildman–Crippen LogP) is 11.3. The van der Waals surface area contributed by atoms with Crippen LogP contribution in [0.15, 0.2) is 12.2 Å². The number of amides is 1. The molecule has 0 rings (SSSR count). The highest BCUT2D eigenvalue weighted by Crippen LogP contribution is 2.43. The van der Waals surface area contributed by atoms with Gasteiger partial charge in [0.2, 0.25) is 5.91 Å². The van der Waals surface area contributed by atoms with Gasteiger partial charge in [0.25, 0.3) is 0 Å². The fraction of sp³-hybridized carbons (Fsp3) is 0.884. The average Bonchev–Trinajstić information content (AvgIpc) is 3.16. The van der Waals surface area contributed by atoms with E-state index in [0.717, 1.165) is 38.5 Å². The van der Waals surface area contributed by atoms with E-state index in [1.807, 2.05) is 0 Å². The fourth-order valence-electron chi connectivity index (χ4n) is 6.31. The number of aliphatic hydroxyl groups is 1. The number of carboxylic acid groups (broad SMARTS) is 1. The van der Waals surface area contributed by atoms with Crippen LogP contribution in [0.1, 0.15) is 213 Å². The third kappa shape index (κ3) is 38.9. The van der Waals surface area contributed by atoms with Gasteiger partial charge in [0.15, 0.2) is 6.04 Å². The molecule has 0 aliphatic carbocycles. The van der Waals surface area contributed by atoms with E-state index in [1.54, 1.807) is 0 Å². The van der Waals surface area contributed by atoms with Gasteiger partial charge >= 0.3 is 19.8 Å². The van der Waals surface area contributed by atoms with Gasteiger partial charge in [-0.15, -0.1) is 0 Å². The standard InChI is InChI=1S/C43H82NO10P/c1-3-5-7-9-11-13-14-15-16-17-18-19-20-21-22-23-24-25-26-27-29-31-33-35-42(47)52-36-39(45)37-53-55(50,51)54-38-40(43(48)49)44-41(46)34-32-30-28-12-10-8-6-4-2/h15-16,39-40,45H,3-14,17-38H2,1-2H3,(H,44,46)(H,48,49)(H,50,51)/b16-15+. The number of rotatable bonds is 42. The third-order valence-corrected chi connectivity index (χ3v) is 10.8. The van der Waals surface area contributed by atoms with E-state index in [2.05, 4.69) is 31.3 Å². The van der Waals surface area contributed by atoms with E-state index in [9.17, 15) is 34.1 Å². The number of phosphoric ester groups is 1. The van der Waals surface area contributed by atoms with Crippen molar-refractivity contribution in [1.82, 2.24) is 5.32 Å². The number of unbranched alkanes of at least 4 members (excludes halogenated alkanes) is 26. The molecular formula is C43H82NO10P. The van der Waals surface area contributed by atoms with Crippen molar-refractivity contribution >= 4 is 25.7 Å². The Morgan fingerprint density at radius 3 is 1.38 bits per heavy atom. The Morgan fingerprint density at radius 2 is 0.945 bits per heavy atom. The van der Waals surface area contributed by atoms with E-state index in [0.29, 0.717) is 12.8 Å². The van der Waals surface area contributed by atoms with Crippen LogP contribution in [0.25, 0.3) is 0 Å². The maximum Gasteiger partial charge on any atom is 0.472 e. The first-order chi connectivity index (χ1) is 26.6. The largest absolute Gasteiger partial charge is 0.480 e. The molecule has 0 heterocycles. The summed E-state index contributed by atoms with van der Waals surface area (Å²) in [5.41, 5.74) is 0. The van der Waals surface area contributed by atoms with Gasteiger partial charge in [-0.05, 0) is 38.5 Å². The van der Waals surface area contributed by atoms with E-state index >= 15 is 0 Å². The van der Waals surface area contributed by atoms with Crippen LogP contribution in [0.3, 0.4) is 0 Å². The Bertz CT molecular complexity index is 995. The van der Waals surface area contributed by atoms with Gasteiger partial charge in [0, 0.05) is 12.8 Å². The van der Waals surface area contributed by atoms with E-state index in [1.165, 1.54) is 135 Å². The third-order valence-electron chi connectivity index (χ3n) is 9.80. The number of aliphatic carboxylic acids is 1. The number of hydrogen-bond donors (Lipinski definition) is 4. The van der Waals surface area contributed by atoms with Crippen molar-refractivity contribution in [2.75, 3.05) is 19.8 Å². The lowest BCUT2D eigenvalue weighted by molar-refractivity contribution is -0.147. The Morgan fingerprint density at radius 1 is 0.564 bits per heavy atom. The number of nitrogens with one attached hydrogen (secondary N) is 1. The summed E-state index contributed by atoms with van der Waals surface area (Å²) in [4.78, 5) is 45.7. The molecule has 11 nitrogen and oxygen atoms in total. The summed E-state index contributed by atoms with van der Waals surface area (Å²) in [6.07, 6.45) is 38.4. The summed E-state index contributed by atoms with van der Waals surface area (Å²) in [6.45, 7) is 2.55. The minimum Gasteiger partial charge on any atom is -0.480 e. The van der Waals surface area contributed by atoms with Gasteiger partial charge in [0.1, 0.15) is 12.7 Å². The molecule has 0 bridgehead atoms. The van der Waals surface area contributed by atoms with Gasteiger partial charge in [-0.1, -0.05) is 174 Å². The summed E-state index contributed by atoms with van der Waals surface area (Å²) < 4.78 is 26.8. The minimum absolute atomic E-state index is 0.148. The zero-order valence-corrected chi connectivity index (χ0v) is 35.9. The van der Waals surface area contributed by atoms with Crippen molar-refractivity contribution in [2.24, 2.45) is 0 Å². The first kappa shape index (κ1) is 53.2. The fourth-order valence-corrected chi connectivity index (χ4v) is 7.08. The highest BCUT2D eigenvalue weighted by atomic mass is 31.2. The molecule has 4 N–H and O–H groups in total. The highest BCUT2D eigenvalue weighted by Gasteiger charge is 2.28. The highest BCUT2D eigenvalue weighted by molar-refractivity contribution is 7.47. The van der Waals surface area contributed by atoms with Crippen molar-refractivity contribution < 1.29 is 47.8 Å². The topological polar surface area (TPSA) is 169 Å². The molecule has 0 aromatic carbocycles. The SMILES string of the molecule is CCCCCCCC/C=C/CCCCCCCCCCCCCCCC(=O)OCC(O)COP(=O)(O)OCC(NC(=O)CCCCCCCCCC)C(=O)O. The Hall–Kier alpha value is -1.78. The predicted molar refractivity (Wildman–Crippen MR) is 222 cm³/mol. The number of hydrogen-bond acceptors (Lipinski definition) is 8. The molecule has 0 saturated heterocycles. The zero-order chi connectivity index (χ0) is 40.7. The van der Waals surface area contributed by atoms with Crippen LogP contribution >= 0.6 is 7.82 Å². The maximum absolute atomic E-state index is 12.2. The summed E-state index contributed by atoms with van der Waals surface area (Å²) in [7, 11) is -4.74. The van der Waals surface area contributed by atoms with Crippen molar-refractivity contribution in [3.05, 3.63) is 12.2 Å². The van der Waals surface area contributed by atoms with Gasteiger partial charge in [0.05, 0.1) is 13.2 Å². The van der Waals surface area contributed by atoms with E-state index in [4.69, 9.17) is 13.8 Å². The molecule has 0 aromatic rings. The number of carbonyl (C=O) groups excluding carboxylic acids is 2. The van der Waals surface area contributed by atoms with Gasteiger partial charge in [-0.3, -0.25) is 18.6 Å².